The van der Waals surface area contributed by atoms with E-state index in [4.69, 9.17) is 0 Å². The smallest absolute Gasteiger partial charge is 0.171 e. The second kappa shape index (κ2) is 5.61. The molecule has 0 spiro atoms. The number of Topliss-reactive ketones (excluding diaryl/α,β-unsaturated/α-hetero) is 1. The van der Waals surface area contributed by atoms with Gasteiger partial charge in [-0.3, -0.25) is 4.79 Å². The van der Waals surface area contributed by atoms with Gasteiger partial charge in [0, 0.05) is 22.2 Å². The van der Waals surface area contributed by atoms with Crippen molar-refractivity contribution in [1.82, 2.24) is 0 Å². The summed E-state index contributed by atoms with van der Waals surface area (Å²) in [6.45, 7) is 3.56. The van der Waals surface area contributed by atoms with Crippen LogP contribution in [-0.2, 0) is 12.8 Å². The number of thiophene rings is 1. The third-order valence-corrected chi connectivity index (χ3v) is 4.18. The molecule has 1 heterocycles. The minimum atomic E-state index is -0.791. The number of rotatable bonds is 4. The van der Waals surface area contributed by atoms with Crippen molar-refractivity contribution < 1.29 is 13.6 Å². The summed E-state index contributed by atoms with van der Waals surface area (Å²) in [7, 11) is 0. The van der Waals surface area contributed by atoms with Crippen molar-refractivity contribution >= 4 is 17.1 Å². The van der Waals surface area contributed by atoms with Crippen molar-refractivity contribution in [3.8, 4) is 0 Å². The number of ketones is 1. The highest BCUT2D eigenvalue weighted by Crippen LogP contribution is 2.21. The molecule has 19 heavy (non-hydrogen) atoms. The Bertz CT molecular complexity index is 617. The van der Waals surface area contributed by atoms with Gasteiger partial charge in [0.2, 0.25) is 0 Å². The van der Waals surface area contributed by atoms with Gasteiger partial charge in [0.1, 0.15) is 11.6 Å². The van der Waals surface area contributed by atoms with Crippen molar-refractivity contribution in [1.29, 1.82) is 0 Å². The Kier molecular flexibility index (Phi) is 4.10. The molecule has 0 radical (unpaired) electrons. The van der Waals surface area contributed by atoms with Crippen molar-refractivity contribution in [2.24, 2.45) is 0 Å². The van der Waals surface area contributed by atoms with Gasteiger partial charge in [-0.25, -0.2) is 8.78 Å². The van der Waals surface area contributed by atoms with Crippen molar-refractivity contribution in [2.75, 3.05) is 0 Å². The van der Waals surface area contributed by atoms with Crippen LogP contribution in [0.2, 0.25) is 0 Å². The molecule has 1 nitrogen and oxygen atoms in total. The molecule has 0 bridgehead atoms. The second-order valence-corrected chi connectivity index (χ2v) is 5.66. The number of hydrogen-bond donors (Lipinski definition) is 0. The lowest BCUT2D eigenvalue weighted by atomic mass is 10.0. The predicted molar refractivity (Wildman–Crippen MR) is 72.8 cm³/mol. The highest BCUT2D eigenvalue weighted by atomic mass is 32.1. The molecule has 0 fully saturated rings. The first-order valence-electron chi connectivity index (χ1n) is 6.07. The van der Waals surface area contributed by atoms with Crippen LogP contribution < -0.4 is 0 Å². The molecule has 100 valence electrons. The second-order valence-electron chi connectivity index (χ2n) is 4.40. The number of halogens is 2. The molecule has 0 aliphatic carbocycles. The summed E-state index contributed by atoms with van der Waals surface area (Å²) in [5, 5.41) is 0. The summed E-state index contributed by atoms with van der Waals surface area (Å²) >= 11 is 1.55. The average molecular weight is 280 g/mol. The lowest BCUT2D eigenvalue weighted by Crippen LogP contribution is -2.06. The van der Waals surface area contributed by atoms with Gasteiger partial charge in [0.15, 0.2) is 5.78 Å². The molecule has 2 rings (SSSR count). The maximum absolute atomic E-state index is 13.6. The quantitative estimate of drug-likeness (QED) is 0.762. The number of aryl methyl sites for hydroxylation is 2. The fourth-order valence-corrected chi connectivity index (χ4v) is 2.79. The summed E-state index contributed by atoms with van der Waals surface area (Å²) in [4.78, 5) is 14.1. The molecular weight excluding hydrogens is 266 g/mol. The summed E-state index contributed by atoms with van der Waals surface area (Å²) in [6.07, 6.45) is 1.08. The highest BCUT2D eigenvalue weighted by molar-refractivity contribution is 7.12. The lowest BCUT2D eigenvalue weighted by molar-refractivity contribution is 0.0990. The van der Waals surface area contributed by atoms with E-state index in [0.717, 1.165) is 17.4 Å². The summed E-state index contributed by atoms with van der Waals surface area (Å²) in [5.74, 6) is -1.73. The molecule has 0 N–H and O–H groups in total. The van der Waals surface area contributed by atoms with Crippen LogP contribution in [-0.4, -0.2) is 5.78 Å². The van der Waals surface area contributed by atoms with Gasteiger partial charge in [-0.15, -0.1) is 11.3 Å². The number of benzene rings is 1. The summed E-state index contributed by atoms with van der Waals surface area (Å²) in [6, 6.07) is 5.91. The third-order valence-electron chi connectivity index (χ3n) is 2.95. The normalized spacial score (nSPS) is 10.7. The SMILES string of the molecule is CCc1ccc(CC(=O)c2cc(C)c(F)cc2F)s1. The Balaban J connectivity index is 2.22. The van der Waals surface area contributed by atoms with E-state index in [1.165, 1.54) is 17.9 Å². The van der Waals surface area contributed by atoms with E-state index >= 15 is 0 Å². The van der Waals surface area contributed by atoms with Gasteiger partial charge in [-0.1, -0.05) is 6.92 Å². The van der Waals surface area contributed by atoms with Gasteiger partial charge in [-0.05, 0) is 37.1 Å². The van der Waals surface area contributed by atoms with Gasteiger partial charge in [0.05, 0.1) is 5.56 Å². The minimum Gasteiger partial charge on any atom is -0.294 e. The standard InChI is InChI=1S/C15H14F2OS/c1-3-10-4-5-11(19-10)7-15(18)12-6-9(2)13(16)8-14(12)17/h4-6,8H,3,7H2,1-2H3. The first kappa shape index (κ1) is 13.9. The Labute approximate surface area is 114 Å². The molecule has 4 heteroatoms. The van der Waals surface area contributed by atoms with E-state index in [1.54, 1.807) is 11.3 Å². The lowest BCUT2D eigenvalue weighted by Gasteiger charge is -2.04. The maximum Gasteiger partial charge on any atom is 0.171 e. The largest absolute Gasteiger partial charge is 0.294 e. The van der Waals surface area contributed by atoms with Crippen molar-refractivity contribution in [3.05, 3.63) is 56.8 Å². The summed E-state index contributed by atoms with van der Waals surface area (Å²) < 4.78 is 26.7. The Morgan fingerprint density at radius 3 is 2.47 bits per heavy atom. The monoisotopic (exact) mass is 280 g/mol. The average Bonchev–Trinajstić information content (AvgIpc) is 2.81. The van der Waals surface area contributed by atoms with Crippen LogP contribution in [0.5, 0.6) is 0 Å². The number of hydrogen-bond acceptors (Lipinski definition) is 2. The maximum atomic E-state index is 13.6. The van der Waals surface area contributed by atoms with E-state index in [1.807, 2.05) is 19.1 Å². The van der Waals surface area contributed by atoms with Crippen LogP contribution in [0.15, 0.2) is 24.3 Å². The molecule has 0 aliphatic rings. The fraction of sp³-hybridized carbons (Fsp3) is 0.267. The molecule has 0 saturated carbocycles. The van der Waals surface area contributed by atoms with Crippen LogP contribution in [0, 0.1) is 18.6 Å². The summed E-state index contributed by atoms with van der Waals surface area (Å²) in [5.41, 5.74) is 0.246. The predicted octanol–water partition coefficient (Wildman–Crippen LogP) is 4.32. The first-order chi connectivity index (χ1) is 9.01. The zero-order valence-electron chi connectivity index (χ0n) is 10.8. The van der Waals surface area contributed by atoms with Gasteiger partial charge in [-0.2, -0.15) is 0 Å². The van der Waals surface area contributed by atoms with Crippen LogP contribution in [0.3, 0.4) is 0 Å². The van der Waals surface area contributed by atoms with Crippen LogP contribution in [0.1, 0.15) is 32.6 Å². The molecular formula is C15H14F2OS. The van der Waals surface area contributed by atoms with E-state index < -0.39 is 11.6 Å². The zero-order valence-corrected chi connectivity index (χ0v) is 11.6. The van der Waals surface area contributed by atoms with E-state index in [2.05, 4.69) is 0 Å². The molecule has 1 aromatic heterocycles. The van der Waals surface area contributed by atoms with Crippen LogP contribution in [0.4, 0.5) is 8.78 Å². The number of carbonyl (C=O) groups is 1. The molecule has 0 atom stereocenters. The molecule has 0 aliphatic heterocycles. The Morgan fingerprint density at radius 2 is 1.84 bits per heavy atom. The Hall–Kier alpha value is -1.55. The van der Waals surface area contributed by atoms with Crippen molar-refractivity contribution in [3.63, 3.8) is 0 Å². The van der Waals surface area contributed by atoms with Crippen LogP contribution >= 0.6 is 11.3 Å². The number of carbonyl (C=O) groups excluding carboxylic acids is 1. The first-order valence-corrected chi connectivity index (χ1v) is 6.89. The van der Waals surface area contributed by atoms with Crippen molar-refractivity contribution in [2.45, 2.75) is 26.7 Å². The molecule has 0 amide bonds. The van der Waals surface area contributed by atoms with Gasteiger partial charge >= 0.3 is 0 Å². The van der Waals surface area contributed by atoms with E-state index in [9.17, 15) is 13.6 Å². The molecule has 1 aromatic carbocycles. The minimum absolute atomic E-state index is 0.0367. The van der Waals surface area contributed by atoms with Gasteiger partial charge in [0.25, 0.3) is 0 Å². The van der Waals surface area contributed by atoms with Gasteiger partial charge < -0.3 is 0 Å². The van der Waals surface area contributed by atoms with Crippen LogP contribution in [0.25, 0.3) is 0 Å². The topological polar surface area (TPSA) is 17.1 Å². The van der Waals surface area contributed by atoms with E-state index in [-0.39, 0.29) is 23.3 Å². The third kappa shape index (κ3) is 3.07. The Morgan fingerprint density at radius 1 is 1.16 bits per heavy atom. The molecule has 0 saturated heterocycles. The fourth-order valence-electron chi connectivity index (χ4n) is 1.83. The highest BCUT2D eigenvalue weighted by Gasteiger charge is 2.15. The zero-order chi connectivity index (χ0) is 14.0. The molecule has 0 unspecified atom stereocenters. The molecule has 2 aromatic rings. The van der Waals surface area contributed by atoms with E-state index in [0.29, 0.717) is 0 Å².